The smallest absolute Gasteiger partial charge is 0.230 e. The predicted molar refractivity (Wildman–Crippen MR) is 78.9 cm³/mol. The molecule has 3 heteroatoms. The zero-order valence-electron chi connectivity index (χ0n) is 11.9. The predicted octanol–water partition coefficient (Wildman–Crippen LogP) is 3.00. The van der Waals surface area contributed by atoms with Gasteiger partial charge in [-0.3, -0.25) is 4.79 Å². The number of benzene rings is 1. The van der Waals surface area contributed by atoms with Crippen molar-refractivity contribution in [3.05, 3.63) is 29.8 Å². The van der Waals surface area contributed by atoms with Crippen molar-refractivity contribution in [2.45, 2.75) is 57.4 Å². The molecule has 1 aromatic rings. The molecule has 0 aliphatic heterocycles. The molecule has 1 saturated carbocycles. The maximum atomic E-state index is 12.4. The van der Waals surface area contributed by atoms with Crippen LogP contribution in [0, 0.1) is 0 Å². The summed E-state index contributed by atoms with van der Waals surface area (Å²) in [5.74, 6) is 0.181. The summed E-state index contributed by atoms with van der Waals surface area (Å²) in [6.45, 7) is 4.26. The van der Waals surface area contributed by atoms with Gasteiger partial charge in [0.15, 0.2) is 0 Å². The monoisotopic (exact) mass is 260 g/mol. The van der Waals surface area contributed by atoms with Crippen molar-refractivity contribution in [1.29, 1.82) is 0 Å². The number of hydrogen-bond acceptors (Lipinski definition) is 2. The standard InChI is InChI=1S/C16H24N2O/c1-3-4-5-12(2)18-15(19)16(10-11-16)13-6-8-14(17)9-7-13/h6-9,12H,3-5,10-11,17H2,1-2H3,(H,18,19). The fourth-order valence-electron chi connectivity index (χ4n) is 2.52. The van der Waals surface area contributed by atoms with E-state index in [1.54, 1.807) is 0 Å². The number of carbonyl (C=O) groups is 1. The lowest BCUT2D eigenvalue weighted by atomic mass is 9.94. The zero-order valence-corrected chi connectivity index (χ0v) is 11.9. The molecule has 0 heterocycles. The Kier molecular flexibility index (Phi) is 4.13. The van der Waals surface area contributed by atoms with Crippen LogP contribution in [0.3, 0.4) is 0 Å². The minimum atomic E-state index is -0.284. The van der Waals surface area contributed by atoms with Gasteiger partial charge in [-0.25, -0.2) is 0 Å². The Hall–Kier alpha value is -1.51. The van der Waals surface area contributed by atoms with Crippen molar-refractivity contribution >= 4 is 11.6 Å². The van der Waals surface area contributed by atoms with Gasteiger partial charge in [-0.15, -0.1) is 0 Å². The van der Waals surface area contributed by atoms with Crippen LogP contribution < -0.4 is 11.1 Å². The third-order valence-corrected chi connectivity index (χ3v) is 4.02. The summed E-state index contributed by atoms with van der Waals surface area (Å²) in [5, 5.41) is 3.16. The molecule has 104 valence electrons. The quantitative estimate of drug-likeness (QED) is 0.773. The van der Waals surface area contributed by atoms with Crippen LogP contribution in [0.15, 0.2) is 24.3 Å². The first-order valence-electron chi connectivity index (χ1n) is 7.25. The second-order valence-electron chi connectivity index (χ2n) is 5.72. The van der Waals surface area contributed by atoms with Crippen molar-refractivity contribution in [2.24, 2.45) is 0 Å². The molecule has 19 heavy (non-hydrogen) atoms. The Morgan fingerprint density at radius 2 is 2.00 bits per heavy atom. The number of hydrogen-bond donors (Lipinski definition) is 2. The van der Waals surface area contributed by atoms with Crippen LogP contribution in [0.2, 0.25) is 0 Å². The van der Waals surface area contributed by atoms with Crippen LogP contribution in [0.25, 0.3) is 0 Å². The van der Waals surface area contributed by atoms with Crippen molar-refractivity contribution < 1.29 is 4.79 Å². The van der Waals surface area contributed by atoms with Crippen LogP contribution in [0.5, 0.6) is 0 Å². The topological polar surface area (TPSA) is 55.1 Å². The van der Waals surface area contributed by atoms with Gasteiger partial charge >= 0.3 is 0 Å². The van der Waals surface area contributed by atoms with Crippen LogP contribution in [-0.4, -0.2) is 11.9 Å². The molecular weight excluding hydrogens is 236 g/mol. The van der Waals surface area contributed by atoms with Gasteiger partial charge < -0.3 is 11.1 Å². The Labute approximate surface area is 115 Å². The van der Waals surface area contributed by atoms with Gasteiger partial charge in [0, 0.05) is 11.7 Å². The van der Waals surface area contributed by atoms with E-state index in [1.807, 2.05) is 24.3 Å². The van der Waals surface area contributed by atoms with E-state index in [0.717, 1.165) is 36.9 Å². The summed E-state index contributed by atoms with van der Waals surface area (Å²) in [6.07, 6.45) is 5.28. The van der Waals surface area contributed by atoms with E-state index in [4.69, 9.17) is 5.73 Å². The highest BCUT2D eigenvalue weighted by molar-refractivity contribution is 5.91. The van der Waals surface area contributed by atoms with E-state index in [0.29, 0.717) is 0 Å². The van der Waals surface area contributed by atoms with E-state index < -0.39 is 0 Å². The minimum Gasteiger partial charge on any atom is -0.399 e. The first kappa shape index (κ1) is 13.9. The number of amides is 1. The van der Waals surface area contributed by atoms with Crippen molar-refractivity contribution in [3.63, 3.8) is 0 Å². The van der Waals surface area contributed by atoms with Crippen molar-refractivity contribution in [2.75, 3.05) is 5.73 Å². The van der Waals surface area contributed by atoms with Gasteiger partial charge in [0.05, 0.1) is 5.41 Å². The number of nitrogen functional groups attached to an aromatic ring is 1. The van der Waals surface area contributed by atoms with Crippen molar-refractivity contribution in [3.8, 4) is 0 Å². The summed E-state index contributed by atoms with van der Waals surface area (Å²) in [6, 6.07) is 7.99. The highest BCUT2D eigenvalue weighted by Gasteiger charge is 2.51. The van der Waals surface area contributed by atoms with Crippen LogP contribution >= 0.6 is 0 Å². The lowest BCUT2D eigenvalue weighted by Gasteiger charge is -2.20. The van der Waals surface area contributed by atoms with Gasteiger partial charge in [-0.1, -0.05) is 31.9 Å². The van der Waals surface area contributed by atoms with Gasteiger partial charge in [0.2, 0.25) is 5.91 Å². The third-order valence-electron chi connectivity index (χ3n) is 4.02. The average Bonchev–Trinajstić information content (AvgIpc) is 3.18. The Morgan fingerprint density at radius 3 is 2.53 bits per heavy atom. The molecule has 1 fully saturated rings. The number of nitrogens with one attached hydrogen (secondary N) is 1. The van der Waals surface area contributed by atoms with Crippen LogP contribution in [0.1, 0.15) is 51.5 Å². The van der Waals surface area contributed by atoms with E-state index in [1.165, 1.54) is 6.42 Å². The molecule has 0 aromatic heterocycles. The number of carbonyl (C=O) groups excluding carboxylic acids is 1. The van der Waals surface area contributed by atoms with Crippen LogP contribution in [-0.2, 0) is 10.2 Å². The molecule has 3 nitrogen and oxygen atoms in total. The van der Waals surface area contributed by atoms with E-state index in [2.05, 4.69) is 19.2 Å². The lowest BCUT2D eigenvalue weighted by molar-refractivity contribution is -0.124. The van der Waals surface area contributed by atoms with Gasteiger partial charge in [0.1, 0.15) is 0 Å². The summed E-state index contributed by atoms with van der Waals surface area (Å²) in [7, 11) is 0. The molecule has 1 aromatic carbocycles. The van der Waals surface area contributed by atoms with Crippen molar-refractivity contribution in [1.82, 2.24) is 5.32 Å². The molecule has 1 atom stereocenters. The second kappa shape index (κ2) is 5.64. The van der Waals surface area contributed by atoms with Crippen LogP contribution in [0.4, 0.5) is 5.69 Å². The zero-order chi connectivity index (χ0) is 13.9. The molecule has 0 radical (unpaired) electrons. The fourth-order valence-corrected chi connectivity index (χ4v) is 2.52. The lowest BCUT2D eigenvalue weighted by Crippen LogP contribution is -2.40. The molecule has 0 bridgehead atoms. The second-order valence-corrected chi connectivity index (χ2v) is 5.72. The molecular formula is C16H24N2O. The summed E-state index contributed by atoms with van der Waals surface area (Å²) < 4.78 is 0. The number of anilines is 1. The fraction of sp³-hybridized carbons (Fsp3) is 0.562. The molecule has 1 unspecified atom stereocenters. The SMILES string of the molecule is CCCCC(C)NC(=O)C1(c2ccc(N)cc2)CC1. The van der Waals surface area contributed by atoms with Gasteiger partial charge in [-0.2, -0.15) is 0 Å². The molecule has 2 rings (SSSR count). The Bertz CT molecular complexity index is 435. The summed E-state index contributed by atoms with van der Waals surface area (Å²) in [4.78, 5) is 12.4. The summed E-state index contributed by atoms with van der Waals surface area (Å²) in [5.41, 5.74) is 7.26. The highest BCUT2D eigenvalue weighted by atomic mass is 16.2. The average molecular weight is 260 g/mol. The third kappa shape index (κ3) is 3.09. The highest BCUT2D eigenvalue weighted by Crippen LogP contribution is 2.48. The van der Waals surface area contributed by atoms with Gasteiger partial charge in [0.25, 0.3) is 0 Å². The molecule has 3 N–H and O–H groups in total. The molecule has 0 saturated heterocycles. The molecule has 1 aliphatic rings. The molecule has 1 aliphatic carbocycles. The first-order chi connectivity index (χ1) is 9.08. The number of rotatable bonds is 6. The molecule has 0 spiro atoms. The van der Waals surface area contributed by atoms with Gasteiger partial charge in [-0.05, 0) is 43.9 Å². The first-order valence-corrected chi connectivity index (χ1v) is 7.25. The minimum absolute atomic E-state index is 0.181. The maximum Gasteiger partial charge on any atom is 0.230 e. The number of nitrogens with two attached hydrogens (primary N) is 1. The maximum absolute atomic E-state index is 12.4. The summed E-state index contributed by atoms with van der Waals surface area (Å²) >= 11 is 0. The Morgan fingerprint density at radius 1 is 1.37 bits per heavy atom. The normalized spacial score (nSPS) is 17.8. The van der Waals surface area contributed by atoms with E-state index >= 15 is 0 Å². The van der Waals surface area contributed by atoms with E-state index in [9.17, 15) is 4.79 Å². The number of unbranched alkanes of at least 4 members (excludes halogenated alkanes) is 1. The molecule has 1 amide bonds. The Balaban J connectivity index is 2.00. The van der Waals surface area contributed by atoms with E-state index in [-0.39, 0.29) is 17.4 Å². The largest absolute Gasteiger partial charge is 0.399 e.